The summed E-state index contributed by atoms with van der Waals surface area (Å²) in [5, 5.41) is 0. The first-order valence-electron chi connectivity index (χ1n) is 6.78. The van der Waals surface area contributed by atoms with E-state index in [0.29, 0.717) is 5.84 Å². The second kappa shape index (κ2) is 6.66. The Hall–Kier alpha value is -2.42. The van der Waals surface area contributed by atoms with Crippen molar-refractivity contribution in [2.45, 2.75) is 20.3 Å². The first kappa shape index (κ1) is 14.0. The Kier molecular flexibility index (Phi) is 4.66. The van der Waals surface area contributed by atoms with Crippen LogP contribution in [-0.2, 0) is 0 Å². The maximum absolute atomic E-state index is 5.93. The van der Waals surface area contributed by atoms with Crippen LogP contribution in [0.15, 0.2) is 59.6 Å². The number of amidine groups is 2. The topological polar surface area (TPSA) is 52.4 Å². The van der Waals surface area contributed by atoms with Gasteiger partial charge in [0.1, 0.15) is 5.69 Å². The summed E-state index contributed by atoms with van der Waals surface area (Å²) >= 11 is 0. The van der Waals surface area contributed by atoms with Crippen LogP contribution in [0, 0.1) is 6.92 Å². The predicted octanol–water partition coefficient (Wildman–Crippen LogP) is 1.92. The minimum absolute atomic E-state index is 0.709. The summed E-state index contributed by atoms with van der Waals surface area (Å²) in [7, 11) is 0. The number of para-hydroxylation sites is 1. The maximum atomic E-state index is 5.93. The van der Waals surface area contributed by atoms with Gasteiger partial charge in [0.15, 0.2) is 5.84 Å². The molecule has 0 unspecified atom stereocenters. The highest BCUT2D eigenvalue weighted by atomic mass is 15.0. The quantitative estimate of drug-likeness (QED) is 0.647. The molecule has 0 saturated heterocycles. The molecule has 2 rings (SSSR count). The van der Waals surface area contributed by atoms with Gasteiger partial charge in [0, 0.05) is 6.42 Å². The molecule has 2 aromatic carbocycles. The van der Waals surface area contributed by atoms with Crippen molar-refractivity contribution < 1.29 is 4.99 Å². The summed E-state index contributed by atoms with van der Waals surface area (Å²) in [5.41, 5.74) is 9.03. The minimum Gasteiger partial charge on any atom is -0.322 e. The molecule has 0 aliphatic heterocycles. The molecule has 0 heterocycles. The van der Waals surface area contributed by atoms with Gasteiger partial charge in [0.2, 0.25) is 0 Å². The van der Waals surface area contributed by atoms with Crippen LogP contribution in [0.25, 0.3) is 0 Å². The zero-order chi connectivity index (χ0) is 14.4. The molecule has 3 nitrogen and oxygen atoms in total. The van der Waals surface area contributed by atoms with Crippen LogP contribution in [0.4, 0.5) is 5.69 Å². The van der Waals surface area contributed by atoms with E-state index in [1.807, 2.05) is 68.4 Å². The van der Waals surface area contributed by atoms with Crippen molar-refractivity contribution in [2.24, 2.45) is 10.7 Å². The fraction of sp³-hybridized carbons (Fsp3) is 0.176. The molecule has 0 aliphatic rings. The molecule has 3 N–H and O–H groups in total. The van der Waals surface area contributed by atoms with Crippen LogP contribution in [0.2, 0.25) is 0 Å². The number of aryl methyl sites for hydroxylation is 1. The molecule has 0 radical (unpaired) electrons. The molecule has 0 aliphatic carbocycles. The number of nitrogens with one attached hydrogen (secondary N) is 1. The fourth-order valence-corrected chi connectivity index (χ4v) is 1.81. The van der Waals surface area contributed by atoms with E-state index in [0.717, 1.165) is 29.1 Å². The highest BCUT2D eigenvalue weighted by molar-refractivity contribution is 5.96. The van der Waals surface area contributed by atoms with Crippen molar-refractivity contribution in [2.75, 3.05) is 0 Å². The summed E-state index contributed by atoms with van der Waals surface area (Å²) in [6, 6.07) is 18.1. The monoisotopic (exact) mass is 266 g/mol. The SMILES string of the molecule is CCC(N)=[NH+]C(=Nc1ccccc1C)c1ccccc1. The van der Waals surface area contributed by atoms with Crippen molar-refractivity contribution in [3.05, 3.63) is 65.7 Å². The lowest BCUT2D eigenvalue weighted by atomic mass is 10.2. The number of hydrogen-bond donors (Lipinski definition) is 2. The number of nitrogens with zero attached hydrogens (tertiary/aromatic N) is 1. The lowest BCUT2D eigenvalue weighted by molar-refractivity contribution is -0.317. The van der Waals surface area contributed by atoms with Gasteiger partial charge in [-0.1, -0.05) is 43.3 Å². The number of benzene rings is 2. The van der Waals surface area contributed by atoms with Crippen LogP contribution < -0.4 is 10.7 Å². The third-order valence-electron chi connectivity index (χ3n) is 3.05. The molecular formula is C17H20N3+. The van der Waals surface area contributed by atoms with Crippen LogP contribution in [0.1, 0.15) is 24.5 Å². The van der Waals surface area contributed by atoms with Gasteiger partial charge >= 0.3 is 0 Å². The van der Waals surface area contributed by atoms with Gasteiger partial charge < -0.3 is 5.73 Å². The Balaban J connectivity index is 2.50. The van der Waals surface area contributed by atoms with E-state index in [2.05, 4.69) is 4.99 Å². The van der Waals surface area contributed by atoms with Gasteiger partial charge in [-0.15, -0.1) is 4.99 Å². The van der Waals surface area contributed by atoms with Crippen molar-refractivity contribution in [1.82, 2.24) is 0 Å². The summed E-state index contributed by atoms with van der Waals surface area (Å²) in [5.74, 6) is 1.49. The van der Waals surface area contributed by atoms with Crippen molar-refractivity contribution in [1.29, 1.82) is 0 Å². The van der Waals surface area contributed by atoms with Crippen LogP contribution in [0.3, 0.4) is 0 Å². The standard InChI is InChI=1S/C17H19N3/c1-3-16(18)20-17(14-10-5-4-6-11-14)19-15-12-8-7-9-13(15)2/h4-12H,3H2,1-2H3,(H2,18,19,20)/p+1. The number of nitrogens with two attached hydrogens (primary N) is 1. The second-order valence-electron chi connectivity index (χ2n) is 4.62. The number of hydrogen-bond acceptors (Lipinski definition) is 1. The van der Waals surface area contributed by atoms with E-state index in [9.17, 15) is 0 Å². The molecule has 20 heavy (non-hydrogen) atoms. The van der Waals surface area contributed by atoms with Crippen molar-refractivity contribution in [3.63, 3.8) is 0 Å². The van der Waals surface area contributed by atoms with E-state index in [-0.39, 0.29) is 0 Å². The Morgan fingerprint density at radius 1 is 1.05 bits per heavy atom. The molecule has 0 aromatic heterocycles. The average molecular weight is 266 g/mol. The summed E-state index contributed by atoms with van der Waals surface area (Å²) in [6.07, 6.45) is 0.764. The normalized spacial score (nSPS) is 12.5. The molecule has 102 valence electrons. The maximum Gasteiger partial charge on any atom is 0.268 e. The summed E-state index contributed by atoms with van der Waals surface area (Å²) in [4.78, 5) is 7.92. The van der Waals surface area contributed by atoms with Crippen LogP contribution in [0.5, 0.6) is 0 Å². The molecule has 3 heteroatoms. The molecule has 0 fully saturated rings. The molecule has 0 spiro atoms. The number of rotatable bonds is 3. The Labute approximate surface area is 119 Å². The van der Waals surface area contributed by atoms with Gasteiger partial charge in [-0.3, -0.25) is 0 Å². The number of aliphatic imine (C=N–C) groups is 1. The van der Waals surface area contributed by atoms with E-state index < -0.39 is 0 Å². The Morgan fingerprint density at radius 3 is 2.35 bits per heavy atom. The van der Waals surface area contributed by atoms with E-state index in [1.165, 1.54) is 0 Å². The van der Waals surface area contributed by atoms with E-state index >= 15 is 0 Å². The average Bonchev–Trinajstić information content (AvgIpc) is 2.49. The third kappa shape index (κ3) is 3.54. The lowest BCUT2D eigenvalue weighted by Crippen LogP contribution is -2.79. The second-order valence-corrected chi connectivity index (χ2v) is 4.62. The molecule has 0 amide bonds. The van der Waals surface area contributed by atoms with Crippen LogP contribution in [-0.4, -0.2) is 11.7 Å². The van der Waals surface area contributed by atoms with E-state index in [4.69, 9.17) is 10.7 Å². The third-order valence-corrected chi connectivity index (χ3v) is 3.05. The Morgan fingerprint density at radius 2 is 1.70 bits per heavy atom. The minimum atomic E-state index is 0.709. The summed E-state index contributed by atoms with van der Waals surface area (Å²) in [6.45, 7) is 4.06. The van der Waals surface area contributed by atoms with Crippen molar-refractivity contribution >= 4 is 17.4 Å². The molecular weight excluding hydrogens is 246 g/mol. The molecule has 0 atom stereocenters. The van der Waals surface area contributed by atoms with Gasteiger partial charge in [-0.05, 0) is 30.7 Å². The predicted molar refractivity (Wildman–Crippen MR) is 84.3 cm³/mol. The smallest absolute Gasteiger partial charge is 0.268 e. The van der Waals surface area contributed by atoms with Gasteiger partial charge in [-0.2, -0.15) is 0 Å². The molecule has 0 saturated carbocycles. The fourth-order valence-electron chi connectivity index (χ4n) is 1.81. The van der Waals surface area contributed by atoms with Crippen molar-refractivity contribution in [3.8, 4) is 0 Å². The lowest BCUT2D eigenvalue weighted by Gasteiger charge is -2.00. The molecule has 2 aromatic rings. The largest absolute Gasteiger partial charge is 0.322 e. The molecule has 0 bridgehead atoms. The van der Waals surface area contributed by atoms with Gasteiger partial charge in [0.25, 0.3) is 5.84 Å². The van der Waals surface area contributed by atoms with Crippen LogP contribution >= 0.6 is 0 Å². The van der Waals surface area contributed by atoms with E-state index in [1.54, 1.807) is 0 Å². The highest BCUT2D eigenvalue weighted by Gasteiger charge is 2.09. The zero-order valence-electron chi connectivity index (χ0n) is 11.9. The summed E-state index contributed by atoms with van der Waals surface area (Å²) < 4.78 is 0. The highest BCUT2D eigenvalue weighted by Crippen LogP contribution is 2.17. The van der Waals surface area contributed by atoms with Gasteiger partial charge in [0.05, 0.1) is 5.56 Å². The Bertz CT molecular complexity index is 628. The first-order valence-corrected chi connectivity index (χ1v) is 6.78. The zero-order valence-corrected chi connectivity index (χ0v) is 11.9. The van der Waals surface area contributed by atoms with Gasteiger partial charge in [-0.25, -0.2) is 4.99 Å². The first-order chi connectivity index (χ1) is 9.70.